The van der Waals surface area contributed by atoms with Crippen molar-refractivity contribution in [1.29, 1.82) is 0 Å². The average molecular weight is 436 g/mol. The molecule has 1 saturated heterocycles. The Morgan fingerprint density at radius 2 is 1.45 bits per heavy atom. The van der Waals surface area contributed by atoms with E-state index in [4.69, 9.17) is 4.98 Å². The van der Waals surface area contributed by atoms with Crippen LogP contribution in [0.15, 0.2) is 91.0 Å². The van der Waals surface area contributed by atoms with Gasteiger partial charge in [-0.05, 0) is 37.1 Å². The molecule has 1 aliphatic heterocycles. The molecule has 0 radical (unpaired) electrons. The van der Waals surface area contributed by atoms with E-state index in [0.29, 0.717) is 24.2 Å². The van der Waals surface area contributed by atoms with E-state index < -0.39 is 0 Å². The maximum absolute atomic E-state index is 13.6. The molecule has 5 nitrogen and oxygen atoms in total. The second kappa shape index (κ2) is 9.25. The Bertz CT molecular complexity index is 1280. The maximum atomic E-state index is 13.6. The monoisotopic (exact) mass is 435 g/mol. The lowest BCUT2D eigenvalue weighted by atomic mass is 10.0. The summed E-state index contributed by atoms with van der Waals surface area (Å²) in [7, 11) is 0. The largest absolute Gasteiger partial charge is 0.349 e. The standard InChI is InChI=1S/C28H25N3O2/c32-27(21-11-5-2-6-12-21)29-22-15-17-31(18-16-22)28(33)24-19-26(20-9-3-1-4-10-20)30-25-14-8-7-13-23(24)25/h1-14,19,22H,15-18H2,(H,29,32). The van der Waals surface area contributed by atoms with E-state index in [2.05, 4.69) is 5.32 Å². The number of para-hydroxylation sites is 1. The number of rotatable bonds is 4. The third kappa shape index (κ3) is 4.48. The topological polar surface area (TPSA) is 62.3 Å². The molecule has 0 aliphatic carbocycles. The number of fused-ring (bicyclic) bond motifs is 1. The highest BCUT2D eigenvalue weighted by Crippen LogP contribution is 2.26. The van der Waals surface area contributed by atoms with Crippen LogP contribution in [0.3, 0.4) is 0 Å². The van der Waals surface area contributed by atoms with Gasteiger partial charge in [0.1, 0.15) is 0 Å². The quantitative estimate of drug-likeness (QED) is 0.494. The molecule has 0 spiro atoms. The van der Waals surface area contributed by atoms with Gasteiger partial charge in [-0.1, -0.05) is 66.7 Å². The number of piperidine rings is 1. The van der Waals surface area contributed by atoms with Crippen molar-refractivity contribution < 1.29 is 9.59 Å². The summed E-state index contributed by atoms with van der Waals surface area (Å²) in [6.07, 6.45) is 1.47. The van der Waals surface area contributed by atoms with Gasteiger partial charge in [-0.2, -0.15) is 0 Å². The molecule has 0 atom stereocenters. The number of carbonyl (C=O) groups is 2. The summed E-state index contributed by atoms with van der Waals surface area (Å²) in [5, 5.41) is 3.97. The average Bonchev–Trinajstić information content (AvgIpc) is 2.89. The van der Waals surface area contributed by atoms with Crippen molar-refractivity contribution in [3.05, 3.63) is 102 Å². The first-order valence-electron chi connectivity index (χ1n) is 11.3. The summed E-state index contributed by atoms with van der Waals surface area (Å²) in [6, 6.07) is 28.9. The Morgan fingerprint density at radius 1 is 0.818 bits per heavy atom. The van der Waals surface area contributed by atoms with Gasteiger partial charge in [0.25, 0.3) is 11.8 Å². The summed E-state index contributed by atoms with van der Waals surface area (Å²) in [4.78, 5) is 32.7. The molecule has 2 amide bonds. The molecule has 0 saturated carbocycles. The van der Waals surface area contributed by atoms with Crippen molar-refractivity contribution in [3.8, 4) is 11.3 Å². The molecule has 1 aliphatic rings. The van der Waals surface area contributed by atoms with Gasteiger partial charge in [-0.25, -0.2) is 4.98 Å². The van der Waals surface area contributed by atoms with Crippen molar-refractivity contribution in [2.45, 2.75) is 18.9 Å². The second-order valence-corrected chi connectivity index (χ2v) is 8.34. The highest BCUT2D eigenvalue weighted by atomic mass is 16.2. The fourth-order valence-corrected chi connectivity index (χ4v) is 4.36. The van der Waals surface area contributed by atoms with Gasteiger partial charge in [0, 0.05) is 35.6 Å². The zero-order valence-electron chi connectivity index (χ0n) is 18.3. The summed E-state index contributed by atoms with van der Waals surface area (Å²) < 4.78 is 0. The lowest BCUT2D eigenvalue weighted by Crippen LogP contribution is -2.46. The van der Waals surface area contributed by atoms with E-state index in [1.165, 1.54) is 0 Å². The second-order valence-electron chi connectivity index (χ2n) is 8.34. The molecule has 1 fully saturated rings. The van der Waals surface area contributed by atoms with Crippen LogP contribution < -0.4 is 5.32 Å². The van der Waals surface area contributed by atoms with Crippen molar-refractivity contribution >= 4 is 22.7 Å². The first-order chi connectivity index (χ1) is 16.2. The van der Waals surface area contributed by atoms with Crippen molar-refractivity contribution in [2.24, 2.45) is 0 Å². The zero-order valence-corrected chi connectivity index (χ0v) is 18.3. The minimum Gasteiger partial charge on any atom is -0.349 e. The van der Waals surface area contributed by atoms with Gasteiger partial charge < -0.3 is 10.2 Å². The van der Waals surface area contributed by atoms with Crippen LogP contribution in [0.25, 0.3) is 22.2 Å². The molecule has 3 aromatic carbocycles. The van der Waals surface area contributed by atoms with Crippen LogP contribution in [0.4, 0.5) is 0 Å². The predicted octanol–water partition coefficient (Wildman–Crippen LogP) is 4.94. The van der Waals surface area contributed by atoms with Crippen molar-refractivity contribution in [3.63, 3.8) is 0 Å². The number of pyridine rings is 1. The highest BCUT2D eigenvalue weighted by Gasteiger charge is 2.26. The van der Waals surface area contributed by atoms with E-state index in [1.807, 2.05) is 95.9 Å². The molecule has 4 aromatic rings. The molecule has 5 heteroatoms. The number of hydrogen-bond acceptors (Lipinski definition) is 3. The number of aromatic nitrogens is 1. The number of nitrogens with zero attached hydrogens (tertiary/aromatic N) is 2. The molecule has 33 heavy (non-hydrogen) atoms. The van der Waals surface area contributed by atoms with Crippen LogP contribution in [0.5, 0.6) is 0 Å². The van der Waals surface area contributed by atoms with E-state index in [-0.39, 0.29) is 17.9 Å². The van der Waals surface area contributed by atoms with Crippen LogP contribution >= 0.6 is 0 Å². The van der Waals surface area contributed by atoms with E-state index in [9.17, 15) is 9.59 Å². The molecule has 1 N–H and O–H groups in total. The minimum absolute atomic E-state index is 0.0126. The number of nitrogens with one attached hydrogen (secondary N) is 1. The van der Waals surface area contributed by atoms with Crippen LogP contribution in [0.2, 0.25) is 0 Å². The molecule has 0 bridgehead atoms. The Balaban J connectivity index is 1.34. The summed E-state index contributed by atoms with van der Waals surface area (Å²) >= 11 is 0. The molecule has 5 rings (SSSR count). The lowest BCUT2D eigenvalue weighted by Gasteiger charge is -2.32. The minimum atomic E-state index is -0.0620. The number of likely N-dealkylation sites (tertiary alicyclic amines) is 1. The summed E-state index contributed by atoms with van der Waals surface area (Å²) in [6.45, 7) is 1.21. The first kappa shape index (κ1) is 20.9. The molecular formula is C28H25N3O2. The number of benzene rings is 3. The SMILES string of the molecule is O=C(NC1CCN(C(=O)c2cc(-c3ccccc3)nc3ccccc23)CC1)c1ccccc1. The fraction of sp³-hybridized carbons (Fsp3) is 0.179. The van der Waals surface area contributed by atoms with Crippen LogP contribution in [-0.4, -0.2) is 40.8 Å². The number of hydrogen-bond donors (Lipinski definition) is 1. The van der Waals surface area contributed by atoms with Gasteiger partial charge >= 0.3 is 0 Å². The van der Waals surface area contributed by atoms with Gasteiger partial charge in [0.05, 0.1) is 16.8 Å². The Kier molecular flexibility index (Phi) is 5.85. The smallest absolute Gasteiger partial charge is 0.254 e. The fourth-order valence-electron chi connectivity index (χ4n) is 4.36. The Hall–Kier alpha value is -3.99. The van der Waals surface area contributed by atoms with Crippen molar-refractivity contribution in [1.82, 2.24) is 15.2 Å². The Labute approximate surface area is 193 Å². The highest BCUT2D eigenvalue weighted by molar-refractivity contribution is 6.07. The third-order valence-electron chi connectivity index (χ3n) is 6.17. The molecule has 1 aromatic heterocycles. The Morgan fingerprint density at radius 3 is 2.18 bits per heavy atom. The summed E-state index contributed by atoms with van der Waals surface area (Å²) in [5.41, 5.74) is 3.92. The first-order valence-corrected chi connectivity index (χ1v) is 11.3. The van der Waals surface area contributed by atoms with E-state index >= 15 is 0 Å². The maximum Gasteiger partial charge on any atom is 0.254 e. The van der Waals surface area contributed by atoms with Gasteiger partial charge in [0.15, 0.2) is 0 Å². The lowest BCUT2D eigenvalue weighted by molar-refractivity contribution is 0.0700. The normalized spacial score (nSPS) is 14.2. The van der Waals surface area contributed by atoms with E-state index in [0.717, 1.165) is 35.0 Å². The molecule has 0 unspecified atom stereocenters. The number of amides is 2. The van der Waals surface area contributed by atoms with Crippen LogP contribution in [-0.2, 0) is 0 Å². The number of carbonyl (C=O) groups excluding carboxylic acids is 2. The predicted molar refractivity (Wildman–Crippen MR) is 130 cm³/mol. The zero-order chi connectivity index (χ0) is 22.6. The van der Waals surface area contributed by atoms with E-state index in [1.54, 1.807) is 0 Å². The van der Waals surface area contributed by atoms with Crippen molar-refractivity contribution in [2.75, 3.05) is 13.1 Å². The molecular weight excluding hydrogens is 410 g/mol. The van der Waals surface area contributed by atoms with Gasteiger partial charge in [-0.3, -0.25) is 9.59 Å². The molecule has 2 heterocycles. The summed E-state index contributed by atoms with van der Waals surface area (Å²) in [5.74, 6) is -0.0494. The third-order valence-corrected chi connectivity index (χ3v) is 6.17. The van der Waals surface area contributed by atoms with Crippen LogP contribution in [0.1, 0.15) is 33.6 Å². The van der Waals surface area contributed by atoms with Gasteiger partial charge in [-0.15, -0.1) is 0 Å². The molecule has 164 valence electrons. The van der Waals surface area contributed by atoms with Gasteiger partial charge in [0.2, 0.25) is 0 Å². The van der Waals surface area contributed by atoms with Crippen LogP contribution in [0, 0.1) is 0 Å².